The van der Waals surface area contributed by atoms with E-state index >= 15 is 0 Å². The van der Waals surface area contributed by atoms with Crippen LogP contribution in [0.5, 0.6) is 11.5 Å². The summed E-state index contributed by atoms with van der Waals surface area (Å²) in [6, 6.07) is 2.54. The van der Waals surface area contributed by atoms with Crippen molar-refractivity contribution in [3.8, 4) is 11.5 Å². The first-order chi connectivity index (χ1) is 11.9. The number of methoxy groups -OCH3 is 2. The molecule has 0 saturated heterocycles. The van der Waals surface area contributed by atoms with Crippen molar-refractivity contribution in [2.24, 2.45) is 5.10 Å². The topological polar surface area (TPSA) is 136 Å². The molecule has 0 amide bonds. The molecular formula is C14H14N4O6S. The lowest BCUT2D eigenvalue weighted by molar-refractivity contribution is -0.386. The number of aromatic nitrogens is 1. The summed E-state index contributed by atoms with van der Waals surface area (Å²) in [5, 5.41) is 24.9. The standard InChI is InChI=1S/C14H14N4O6S/c1-7-12(13(20)24-3)25-14(16-7)17-15-6-8-4-9(18(21)22)11(19)10(5-8)23-2/h4-6,19H,1-3H3,(H,16,17)/b15-6-. The Labute approximate surface area is 145 Å². The average molecular weight is 366 g/mol. The van der Waals surface area contributed by atoms with Gasteiger partial charge in [0, 0.05) is 11.6 Å². The average Bonchev–Trinajstić information content (AvgIpc) is 2.95. The Hall–Kier alpha value is -3.21. The molecule has 0 atom stereocenters. The third-order valence-electron chi connectivity index (χ3n) is 3.03. The molecule has 0 unspecified atom stereocenters. The van der Waals surface area contributed by atoms with Gasteiger partial charge in [0.2, 0.25) is 10.9 Å². The number of carbonyl (C=O) groups excluding carboxylic acids is 1. The number of esters is 1. The van der Waals surface area contributed by atoms with Gasteiger partial charge in [-0.15, -0.1) is 0 Å². The third kappa shape index (κ3) is 4.01. The van der Waals surface area contributed by atoms with Crippen molar-refractivity contribution in [1.82, 2.24) is 4.98 Å². The largest absolute Gasteiger partial charge is 0.500 e. The van der Waals surface area contributed by atoms with Crippen LogP contribution in [0, 0.1) is 17.0 Å². The highest BCUT2D eigenvalue weighted by Crippen LogP contribution is 2.36. The van der Waals surface area contributed by atoms with Gasteiger partial charge in [0.05, 0.1) is 31.1 Å². The highest BCUT2D eigenvalue weighted by atomic mass is 32.1. The number of aryl methyl sites for hydroxylation is 1. The molecule has 0 spiro atoms. The van der Waals surface area contributed by atoms with E-state index in [1.807, 2.05) is 0 Å². The highest BCUT2D eigenvalue weighted by Gasteiger charge is 2.19. The van der Waals surface area contributed by atoms with Crippen molar-refractivity contribution < 1.29 is 24.3 Å². The summed E-state index contributed by atoms with van der Waals surface area (Å²) < 4.78 is 9.54. The second-order valence-electron chi connectivity index (χ2n) is 4.64. The number of thiazole rings is 1. The van der Waals surface area contributed by atoms with Gasteiger partial charge in [0.15, 0.2) is 5.75 Å². The quantitative estimate of drug-likeness (QED) is 0.344. The van der Waals surface area contributed by atoms with Crippen LogP contribution in [0.4, 0.5) is 10.8 Å². The van der Waals surface area contributed by atoms with Crippen LogP contribution in [0.25, 0.3) is 0 Å². The van der Waals surface area contributed by atoms with Crippen molar-refractivity contribution >= 4 is 34.3 Å². The predicted molar refractivity (Wildman–Crippen MR) is 90.7 cm³/mol. The number of benzene rings is 1. The first kappa shape index (κ1) is 18.1. The van der Waals surface area contributed by atoms with Gasteiger partial charge >= 0.3 is 11.7 Å². The first-order valence-electron chi connectivity index (χ1n) is 6.77. The molecule has 0 bridgehead atoms. The molecule has 0 radical (unpaired) electrons. The number of nitro groups is 1. The van der Waals surface area contributed by atoms with E-state index in [0.29, 0.717) is 21.3 Å². The Balaban J connectivity index is 2.21. The van der Waals surface area contributed by atoms with Crippen LogP contribution in [-0.4, -0.2) is 41.4 Å². The van der Waals surface area contributed by atoms with Crippen LogP contribution in [0.15, 0.2) is 17.2 Å². The summed E-state index contributed by atoms with van der Waals surface area (Å²) >= 11 is 1.06. The van der Waals surface area contributed by atoms with Crippen molar-refractivity contribution in [3.63, 3.8) is 0 Å². The molecule has 2 aromatic rings. The van der Waals surface area contributed by atoms with Crippen LogP contribution in [-0.2, 0) is 4.74 Å². The van der Waals surface area contributed by atoms with Gasteiger partial charge < -0.3 is 14.6 Å². The lowest BCUT2D eigenvalue weighted by atomic mass is 10.2. The van der Waals surface area contributed by atoms with Gasteiger partial charge in [0.25, 0.3) is 0 Å². The summed E-state index contributed by atoms with van der Waals surface area (Å²) in [7, 11) is 2.56. The van der Waals surface area contributed by atoms with E-state index in [-0.39, 0.29) is 5.75 Å². The SMILES string of the molecule is COC(=O)c1sc(N/N=C\c2cc(OC)c(O)c([N+](=O)[O-])c2)nc1C. The molecule has 1 heterocycles. The number of nitrogens with one attached hydrogen (secondary N) is 1. The molecule has 0 saturated carbocycles. The lowest BCUT2D eigenvalue weighted by Gasteiger charge is -2.04. The van der Waals surface area contributed by atoms with Gasteiger partial charge in [0.1, 0.15) is 4.88 Å². The summed E-state index contributed by atoms with van der Waals surface area (Å²) in [6.07, 6.45) is 1.30. The lowest BCUT2D eigenvalue weighted by Crippen LogP contribution is -1.99. The Bertz CT molecular complexity index is 848. The van der Waals surface area contributed by atoms with E-state index in [9.17, 15) is 20.0 Å². The van der Waals surface area contributed by atoms with Gasteiger partial charge in [-0.25, -0.2) is 9.78 Å². The van der Waals surface area contributed by atoms with E-state index in [2.05, 4.69) is 20.2 Å². The zero-order chi connectivity index (χ0) is 18.6. The molecule has 11 heteroatoms. The Morgan fingerprint density at radius 3 is 2.80 bits per heavy atom. The van der Waals surface area contributed by atoms with E-state index in [1.165, 1.54) is 26.5 Å². The van der Waals surface area contributed by atoms with Gasteiger partial charge in [-0.1, -0.05) is 11.3 Å². The first-order valence-corrected chi connectivity index (χ1v) is 7.59. The van der Waals surface area contributed by atoms with Crippen molar-refractivity contribution in [3.05, 3.63) is 38.4 Å². The molecule has 0 aliphatic carbocycles. The minimum atomic E-state index is -0.727. The summed E-state index contributed by atoms with van der Waals surface area (Å²) in [4.78, 5) is 26.2. The Morgan fingerprint density at radius 1 is 1.48 bits per heavy atom. The molecule has 0 aliphatic heterocycles. The van der Waals surface area contributed by atoms with E-state index in [0.717, 1.165) is 17.4 Å². The molecule has 0 fully saturated rings. The maximum absolute atomic E-state index is 11.5. The van der Waals surface area contributed by atoms with Gasteiger partial charge in [-0.3, -0.25) is 15.5 Å². The number of nitro benzene ring substituents is 1. The minimum Gasteiger partial charge on any atom is -0.500 e. The van der Waals surface area contributed by atoms with E-state index < -0.39 is 22.3 Å². The summed E-state index contributed by atoms with van der Waals surface area (Å²) in [5.41, 5.74) is 2.95. The number of nitrogens with zero attached hydrogens (tertiary/aromatic N) is 3. The van der Waals surface area contributed by atoms with Gasteiger partial charge in [-0.05, 0) is 13.0 Å². The number of hydrogen-bond donors (Lipinski definition) is 2. The normalized spacial score (nSPS) is 10.7. The second kappa shape index (κ2) is 7.57. The van der Waals surface area contributed by atoms with Crippen molar-refractivity contribution in [2.45, 2.75) is 6.92 Å². The molecule has 132 valence electrons. The fourth-order valence-electron chi connectivity index (χ4n) is 1.87. The predicted octanol–water partition coefficient (Wildman–Crippen LogP) is 2.31. The van der Waals surface area contributed by atoms with E-state index in [1.54, 1.807) is 6.92 Å². The molecule has 2 rings (SSSR count). The second-order valence-corrected chi connectivity index (χ2v) is 5.64. The number of rotatable bonds is 6. The van der Waals surface area contributed by atoms with Crippen LogP contribution >= 0.6 is 11.3 Å². The zero-order valence-electron chi connectivity index (χ0n) is 13.5. The number of hydrazone groups is 1. The summed E-state index contributed by atoms with van der Waals surface area (Å²) in [6.45, 7) is 1.66. The molecule has 1 aromatic carbocycles. The molecule has 1 aromatic heterocycles. The summed E-state index contributed by atoms with van der Waals surface area (Å²) in [5.74, 6) is -1.10. The number of ether oxygens (including phenoxy) is 2. The number of aromatic hydroxyl groups is 1. The van der Waals surface area contributed by atoms with Crippen molar-refractivity contribution in [2.75, 3.05) is 19.6 Å². The maximum Gasteiger partial charge on any atom is 0.350 e. The van der Waals surface area contributed by atoms with Gasteiger partial charge in [-0.2, -0.15) is 5.10 Å². The fraction of sp³-hybridized carbons (Fsp3) is 0.214. The molecule has 2 N–H and O–H groups in total. The number of anilines is 1. The number of carbonyl (C=O) groups is 1. The number of hydrogen-bond acceptors (Lipinski definition) is 10. The molecule has 10 nitrogen and oxygen atoms in total. The number of phenols is 1. The number of phenolic OH excluding ortho intramolecular Hbond substituents is 1. The monoisotopic (exact) mass is 366 g/mol. The van der Waals surface area contributed by atoms with Crippen molar-refractivity contribution in [1.29, 1.82) is 0 Å². The molecule has 0 aliphatic rings. The van der Waals surface area contributed by atoms with Crippen LogP contribution < -0.4 is 10.2 Å². The minimum absolute atomic E-state index is 0.0475. The maximum atomic E-state index is 11.5. The van der Waals surface area contributed by atoms with E-state index in [4.69, 9.17) is 4.74 Å². The smallest absolute Gasteiger partial charge is 0.350 e. The molecule has 25 heavy (non-hydrogen) atoms. The zero-order valence-corrected chi connectivity index (χ0v) is 14.3. The fourth-order valence-corrected chi connectivity index (χ4v) is 2.71. The molecular weight excluding hydrogens is 352 g/mol. The van der Waals surface area contributed by atoms with Crippen LogP contribution in [0.1, 0.15) is 20.9 Å². The van der Waals surface area contributed by atoms with Crippen LogP contribution in [0.3, 0.4) is 0 Å². The Kier molecular flexibility index (Phi) is 5.49. The Morgan fingerprint density at radius 2 is 2.20 bits per heavy atom. The van der Waals surface area contributed by atoms with Crippen LogP contribution in [0.2, 0.25) is 0 Å². The highest BCUT2D eigenvalue weighted by molar-refractivity contribution is 7.17. The third-order valence-corrected chi connectivity index (χ3v) is 4.08.